The standard InChI is InChI=1S/C8H16N2O2/c9-7-3-1-4-10(8(7)12)5-2-6-11/h7,11H,1-6,9H2. The molecule has 1 amide bonds. The molecule has 0 aromatic carbocycles. The number of aliphatic hydroxyl groups is 1. The van der Waals surface area contributed by atoms with Gasteiger partial charge in [-0.15, -0.1) is 0 Å². The van der Waals surface area contributed by atoms with Gasteiger partial charge in [0.2, 0.25) is 5.91 Å². The number of nitrogens with zero attached hydrogens (tertiary/aromatic N) is 1. The number of likely N-dealkylation sites (tertiary alicyclic amines) is 1. The first kappa shape index (κ1) is 9.48. The molecular formula is C8H16N2O2. The van der Waals surface area contributed by atoms with Crippen molar-refractivity contribution in [3.8, 4) is 0 Å². The molecule has 4 heteroatoms. The molecule has 0 aliphatic carbocycles. The molecule has 1 saturated heterocycles. The molecule has 4 nitrogen and oxygen atoms in total. The zero-order chi connectivity index (χ0) is 8.97. The van der Waals surface area contributed by atoms with Crippen LogP contribution in [0.2, 0.25) is 0 Å². The van der Waals surface area contributed by atoms with E-state index in [1.807, 2.05) is 0 Å². The summed E-state index contributed by atoms with van der Waals surface area (Å²) < 4.78 is 0. The minimum atomic E-state index is -0.308. The summed E-state index contributed by atoms with van der Waals surface area (Å²) in [7, 11) is 0. The van der Waals surface area contributed by atoms with E-state index in [1.165, 1.54) is 0 Å². The molecule has 0 bridgehead atoms. The SMILES string of the molecule is NC1CCCN(CCCO)C1=O. The van der Waals surface area contributed by atoms with Crippen LogP contribution in [0.3, 0.4) is 0 Å². The van der Waals surface area contributed by atoms with Gasteiger partial charge in [-0.1, -0.05) is 0 Å². The van der Waals surface area contributed by atoms with Crippen LogP contribution < -0.4 is 5.73 Å². The van der Waals surface area contributed by atoms with Gasteiger partial charge in [0.1, 0.15) is 0 Å². The molecule has 1 heterocycles. The quantitative estimate of drug-likeness (QED) is 0.592. The van der Waals surface area contributed by atoms with E-state index in [9.17, 15) is 4.79 Å². The van der Waals surface area contributed by atoms with Gasteiger partial charge >= 0.3 is 0 Å². The van der Waals surface area contributed by atoms with Gasteiger partial charge in [-0.25, -0.2) is 0 Å². The smallest absolute Gasteiger partial charge is 0.239 e. The number of hydrogen-bond acceptors (Lipinski definition) is 3. The lowest BCUT2D eigenvalue weighted by Gasteiger charge is -2.30. The molecule has 70 valence electrons. The Labute approximate surface area is 72.3 Å². The van der Waals surface area contributed by atoms with E-state index in [4.69, 9.17) is 10.8 Å². The highest BCUT2D eigenvalue weighted by atomic mass is 16.3. The van der Waals surface area contributed by atoms with Crippen molar-refractivity contribution >= 4 is 5.91 Å². The highest BCUT2D eigenvalue weighted by molar-refractivity contribution is 5.82. The number of nitrogens with two attached hydrogens (primary N) is 1. The number of carbonyl (C=O) groups excluding carboxylic acids is 1. The molecular weight excluding hydrogens is 156 g/mol. The van der Waals surface area contributed by atoms with Gasteiger partial charge in [0.25, 0.3) is 0 Å². The van der Waals surface area contributed by atoms with E-state index in [0.29, 0.717) is 13.0 Å². The molecule has 1 atom stereocenters. The highest BCUT2D eigenvalue weighted by Gasteiger charge is 2.24. The second-order valence-corrected chi connectivity index (χ2v) is 3.15. The van der Waals surface area contributed by atoms with Crippen LogP contribution in [0.4, 0.5) is 0 Å². The number of carbonyl (C=O) groups is 1. The fraction of sp³-hybridized carbons (Fsp3) is 0.875. The molecule has 1 fully saturated rings. The molecule has 0 aromatic heterocycles. The third-order valence-electron chi connectivity index (χ3n) is 2.16. The molecule has 12 heavy (non-hydrogen) atoms. The second-order valence-electron chi connectivity index (χ2n) is 3.15. The third-order valence-corrected chi connectivity index (χ3v) is 2.16. The van der Waals surface area contributed by atoms with E-state index in [2.05, 4.69) is 0 Å². The first-order chi connectivity index (χ1) is 5.75. The minimum absolute atomic E-state index is 0.0368. The van der Waals surface area contributed by atoms with E-state index < -0.39 is 0 Å². The fourth-order valence-electron chi connectivity index (χ4n) is 1.45. The van der Waals surface area contributed by atoms with Crippen molar-refractivity contribution in [2.24, 2.45) is 5.73 Å². The van der Waals surface area contributed by atoms with Gasteiger partial charge in [0.15, 0.2) is 0 Å². The first-order valence-electron chi connectivity index (χ1n) is 4.41. The van der Waals surface area contributed by atoms with Crippen molar-refractivity contribution in [1.29, 1.82) is 0 Å². The number of rotatable bonds is 3. The van der Waals surface area contributed by atoms with Crippen molar-refractivity contribution in [3.63, 3.8) is 0 Å². The predicted octanol–water partition coefficient (Wildman–Crippen LogP) is -0.681. The Hall–Kier alpha value is -0.610. The molecule has 1 aliphatic heterocycles. The van der Waals surface area contributed by atoms with Crippen LogP contribution >= 0.6 is 0 Å². The normalized spacial score (nSPS) is 24.7. The summed E-state index contributed by atoms with van der Waals surface area (Å²) in [4.78, 5) is 13.1. The van der Waals surface area contributed by atoms with E-state index in [1.54, 1.807) is 4.90 Å². The Morgan fingerprint density at radius 2 is 2.42 bits per heavy atom. The van der Waals surface area contributed by atoms with Crippen LogP contribution in [0.1, 0.15) is 19.3 Å². The lowest BCUT2D eigenvalue weighted by molar-refractivity contribution is -0.135. The first-order valence-corrected chi connectivity index (χ1v) is 4.41. The Kier molecular flexibility index (Phi) is 3.49. The van der Waals surface area contributed by atoms with E-state index in [0.717, 1.165) is 19.4 Å². The predicted molar refractivity (Wildman–Crippen MR) is 45.5 cm³/mol. The monoisotopic (exact) mass is 172 g/mol. The molecule has 0 aromatic rings. The average molecular weight is 172 g/mol. The summed E-state index contributed by atoms with van der Waals surface area (Å²) in [5.74, 6) is 0.0368. The molecule has 1 aliphatic rings. The fourth-order valence-corrected chi connectivity index (χ4v) is 1.45. The van der Waals surface area contributed by atoms with Crippen molar-refractivity contribution in [2.45, 2.75) is 25.3 Å². The van der Waals surface area contributed by atoms with E-state index in [-0.39, 0.29) is 18.6 Å². The van der Waals surface area contributed by atoms with Crippen molar-refractivity contribution < 1.29 is 9.90 Å². The van der Waals surface area contributed by atoms with Crippen LogP contribution in [-0.4, -0.2) is 41.7 Å². The number of hydrogen-bond donors (Lipinski definition) is 2. The summed E-state index contributed by atoms with van der Waals surface area (Å²) in [5.41, 5.74) is 5.59. The van der Waals surface area contributed by atoms with Crippen LogP contribution in [0.25, 0.3) is 0 Å². The summed E-state index contributed by atoms with van der Waals surface area (Å²) in [5, 5.41) is 8.58. The average Bonchev–Trinajstić information content (AvgIpc) is 2.08. The van der Waals surface area contributed by atoms with Gasteiger partial charge in [0, 0.05) is 19.7 Å². The Morgan fingerprint density at radius 1 is 1.67 bits per heavy atom. The lowest BCUT2D eigenvalue weighted by atomic mass is 10.1. The number of piperidine rings is 1. The molecule has 1 rings (SSSR count). The Bertz CT molecular complexity index is 161. The maximum atomic E-state index is 11.4. The van der Waals surface area contributed by atoms with Gasteiger partial charge in [-0.2, -0.15) is 0 Å². The largest absolute Gasteiger partial charge is 0.396 e. The minimum Gasteiger partial charge on any atom is -0.396 e. The molecule has 0 saturated carbocycles. The molecule has 0 spiro atoms. The van der Waals surface area contributed by atoms with Crippen LogP contribution in [-0.2, 0) is 4.79 Å². The van der Waals surface area contributed by atoms with Crippen LogP contribution in [0.5, 0.6) is 0 Å². The van der Waals surface area contributed by atoms with Crippen molar-refractivity contribution in [3.05, 3.63) is 0 Å². The Balaban J connectivity index is 2.36. The topological polar surface area (TPSA) is 66.6 Å². The summed E-state index contributed by atoms with van der Waals surface area (Å²) in [6.45, 7) is 1.58. The maximum Gasteiger partial charge on any atom is 0.239 e. The molecule has 0 radical (unpaired) electrons. The van der Waals surface area contributed by atoms with Gasteiger partial charge in [-0.05, 0) is 19.3 Å². The third kappa shape index (κ3) is 2.19. The zero-order valence-electron chi connectivity index (χ0n) is 7.20. The van der Waals surface area contributed by atoms with Crippen LogP contribution in [0.15, 0.2) is 0 Å². The van der Waals surface area contributed by atoms with Crippen molar-refractivity contribution in [2.75, 3.05) is 19.7 Å². The summed E-state index contributed by atoms with van der Waals surface area (Å²) in [6.07, 6.45) is 2.44. The Morgan fingerprint density at radius 3 is 3.08 bits per heavy atom. The zero-order valence-corrected chi connectivity index (χ0v) is 7.20. The van der Waals surface area contributed by atoms with Gasteiger partial charge in [-0.3, -0.25) is 4.79 Å². The molecule has 1 unspecified atom stereocenters. The summed E-state index contributed by atoms with van der Waals surface area (Å²) >= 11 is 0. The van der Waals surface area contributed by atoms with Gasteiger partial charge in [0.05, 0.1) is 6.04 Å². The van der Waals surface area contributed by atoms with Crippen LogP contribution in [0, 0.1) is 0 Å². The maximum absolute atomic E-state index is 11.4. The summed E-state index contributed by atoms with van der Waals surface area (Å²) in [6, 6.07) is -0.308. The second kappa shape index (κ2) is 4.42. The van der Waals surface area contributed by atoms with Gasteiger partial charge < -0.3 is 15.7 Å². The molecule has 3 N–H and O–H groups in total. The number of aliphatic hydroxyl groups excluding tert-OH is 1. The highest BCUT2D eigenvalue weighted by Crippen LogP contribution is 2.09. The van der Waals surface area contributed by atoms with E-state index >= 15 is 0 Å². The lowest BCUT2D eigenvalue weighted by Crippen LogP contribution is -2.48. The van der Waals surface area contributed by atoms with Crippen molar-refractivity contribution in [1.82, 2.24) is 4.90 Å². The number of amides is 1.